The molecule has 1 aromatic rings. The zero-order chi connectivity index (χ0) is 14.8. The summed E-state index contributed by atoms with van der Waals surface area (Å²) in [6, 6.07) is 5.59. The normalized spacial score (nSPS) is 9.95. The maximum Gasteiger partial charge on any atom is 0.221 e. The highest BCUT2D eigenvalue weighted by Crippen LogP contribution is 2.29. The van der Waals surface area contributed by atoms with Gasteiger partial charge in [0, 0.05) is 31.3 Å². The van der Waals surface area contributed by atoms with Gasteiger partial charge in [-0.15, -0.1) is 0 Å². The highest BCUT2D eigenvalue weighted by Gasteiger charge is 2.05. The minimum absolute atomic E-state index is 0.0754. The average Bonchev–Trinajstić information content (AvgIpc) is 2.47. The summed E-state index contributed by atoms with van der Waals surface area (Å²) in [6.07, 6.45) is 2.57. The van der Waals surface area contributed by atoms with Crippen LogP contribution in [0.4, 0.5) is 5.69 Å². The van der Waals surface area contributed by atoms with E-state index in [-0.39, 0.29) is 5.91 Å². The van der Waals surface area contributed by atoms with Crippen LogP contribution in [-0.4, -0.2) is 33.2 Å². The molecule has 0 aromatic heterocycles. The molecule has 0 bridgehead atoms. The summed E-state index contributed by atoms with van der Waals surface area (Å²) >= 11 is 0. The van der Waals surface area contributed by atoms with Gasteiger partial charge in [0.15, 0.2) is 11.5 Å². The minimum atomic E-state index is 0.0754. The number of ether oxygens (including phenoxy) is 2. The van der Waals surface area contributed by atoms with Crippen molar-refractivity contribution in [1.82, 2.24) is 5.32 Å². The molecule has 1 amide bonds. The first-order valence-electron chi connectivity index (χ1n) is 6.93. The van der Waals surface area contributed by atoms with E-state index in [1.54, 1.807) is 14.2 Å². The molecule has 1 aromatic carbocycles. The molecular weight excluding hydrogens is 256 g/mol. The lowest BCUT2D eigenvalue weighted by atomic mass is 10.2. The van der Waals surface area contributed by atoms with Crippen LogP contribution in [0.1, 0.15) is 26.2 Å². The number of anilines is 1. The van der Waals surface area contributed by atoms with Crippen LogP contribution in [0.15, 0.2) is 18.2 Å². The summed E-state index contributed by atoms with van der Waals surface area (Å²) < 4.78 is 10.4. The topological polar surface area (TPSA) is 59.6 Å². The van der Waals surface area contributed by atoms with Gasteiger partial charge in [-0.25, -0.2) is 0 Å². The van der Waals surface area contributed by atoms with Crippen molar-refractivity contribution in [3.8, 4) is 11.5 Å². The number of hydrogen-bond donors (Lipinski definition) is 2. The van der Waals surface area contributed by atoms with Gasteiger partial charge in [0.1, 0.15) is 0 Å². The quantitative estimate of drug-likeness (QED) is 0.682. The van der Waals surface area contributed by atoms with Crippen LogP contribution < -0.4 is 20.1 Å². The molecule has 2 N–H and O–H groups in total. The maximum atomic E-state index is 11.5. The second-order valence-electron chi connectivity index (χ2n) is 4.45. The molecule has 5 nitrogen and oxygen atoms in total. The van der Waals surface area contributed by atoms with E-state index in [2.05, 4.69) is 17.6 Å². The van der Waals surface area contributed by atoms with Crippen molar-refractivity contribution < 1.29 is 14.3 Å². The lowest BCUT2D eigenvalue weighted by Crippen LogP contribution is -2.26. The molecule has 0 atom stereocenters. The fourth-order valence-corrected chi connectivity index (χ4v) is 1.76. The molecule has 0 aliphatic rings. The van der Waals surface area contributed by atoms with E-state index in [1.807, 2.05) is 18.2 Å². The highest BCUT2D eigenvalue weighted by molar-refractivity contribution is 5.76. The Labute approximate surface area is 120 Å². The Morgan fingerprint density at radius 1 is 1.15 bits per heavy atom. The molecule has 0 fully saturated rings. The van der Waals surface area contributed by atoms with Crippen LogP contribution in [0.3, 0.4) is 0 Å². The molecule has 0 radical (unpaired) electrons. The Morgan fingerprint density at radius 2 is 1.90 bits per heavy atom. The van der Waals surface area contributed by atoms with Gasteiger partial charge in [-0.05, 0) is 18.6 Å². The van der Waals surface area contributed by atoms with Crippen LogP contribution in [0, 0.1) is 0 Å². The van der Waals surface area contributed by atoms with Crippen molar-refractivity contribution in [3.63, 3.8) is 0 Å². The molecule has 0 saturated carbocycles. The van der Waals surface area contributed by atoms with E-state index >= 15 is 0 Å². The van der Waals surface area contributed by atoms with Crippen LogP contribution >= 0.6 is 0 Å². The van der Waals surface area contributed by atoms with E-state index in [1.165, 1.54) is 0 Å². The Hall–Kier alpha value is -1.91. The second kappa shape index (κ2) is 9.07. The van der Waals surface area contributed by atoms with Crippen molar-refractivity contribution in [2.45, 2.75) is 26.2 Å². The van der Waals surface area contributed by atoms with E-state index in [0.29, 0.717) is 24.5 Å². The standard InChI is InChI=1S/C15H24N2O3/c1-4-5-9-17-15(18)8-10-16-12-6-7-13(19-2)14(11-12)20-3/h6-7,11,16H,4-5,8-10H2,1-3H3,(H,17,18). The zero-order valence-corrected chi connectivity index (χ0v) is 12.5. The number of rotatable bonds is 9. The number of nitrogens with one attached hydrogen (secondary N) is 2. The first kappa shape index (κ1) is 16.1. The minimum Gasteiger partial charge on any atom is -0.493 e. The van der Waals surface area contributed by atoms with Crippen molar-refractivity contribution in [2.75, 3.05) is 32.6 Å². The number of carbonyl (C=O) groups excluding carboxylic acids is 1. The lowest BCUT2D eigenvalue weighted by molar-refractivity contribution is -0.120. The molecular formula is C15H24N2O3. The molecule has 0 saturated heterocycles. The van der Waals surface area contributed by atoms with Gasteiger partial charge in [0.05, 0.1) is 14.2 Å². The summed E-state index contributed by atoms with van der Waals surface area (Å²) in [6.45, 7) is 3.45. The third-order valence-corrected chi connectivity index (χ3v) is 2.92. The predicted molar refractivity (Wildman–Crippen MR) is 80.6 cm³/mol. The van der Waals surface area contributed by atoms with E-state index in [4.69, 9.17) is 9.47 Å². The van der Waals surface area contributed by atoms with Crippen LogP contribution in [0.25, 0.3) is 0 Å². The molecule has 0 aliphatic heterocycles. The molecule has 20 heavy (non-hydrogen) atoms. The summed E-state index contributed by atoms with van der Waals surface area (Å²) in [5.74, 6) is 1.44. The monoisotopic (exact) mass is 280 g/mol. The number of hydrogen-bond acceptors (Lipinski definition) is 4. The Morgan fingerprint density at radius 3 is 2.55 bits per heavy atom. The summed E-state index contributed by atoms with van der Waals surface area (Å²) in [5, 5.41) is 6.08. The first-order valence-corrected chi connectivity index (χ1v) is 6.93. The van der Waals surface area contributed by atoms with E-state index in [0.717, 1.165) is 25.1 Å². The summed E-state index contributed by atoms with van der Waals surface area (Å²) in [7, 11) is 3.20. The molecule has 0 aliphatic carbocycles. The van der Waals surface area contributed by atoms with Gasteiger partial charge in [-0.3, -0.25) is 4.79 Å². The largest absolute Gasteiger partial charge is 0.493 e. The van der Waals surface area contributed by atoms with Gasteiger partial charge in [-0.2, -0.15) is 0 Å². The molecule has 0 spiro atoms. The smallest absolute Gasteiger partial charge is 0.221 e. The summed E-state index contributed by atoms with van der Waals surface area (Å²) in [5.41, 5.74) is 0.906. The second-order valence-corrected chi connectivity index (χ2v) is 4.45. The molecule has 0 unspecified atom stereocenters. The third-order valence-electron chi connectivity index (χ3n) is 2.92. The number of benzene rings is 1. The van der Waals surface area contributed by atoms with Crippen LogP contribution in [-0.2, 0) is 4.79 Å². The van der Waals surface area contributed by atoms with Crippen LogP contribution in [0.2, 0.25) is 0 Å². The van der Waals surface area contributed by atoms with Gasteiger partial charge >= 0.3 is 0 Å². The van der Waals surface area contributed by atoms with E-state index < -0.39 is 0 Å². The van der Waals surface area contributed by atoms with Crippen molar-refractivity contribution in [2.24, 2.45) is 0 Å². The van der Waals surface area contributed by atoms with Gasteiger partial charge < -0.3 is 20.1 Å². The number of unbranched alkanes of at least 4 members (excludes halogenated alkanes) is 1. The SMILES string of the molecule is CCCCNC(=O)CCNc1ccc(OC)c(OC)c1. The molecule has 0 heterocycles. The Bertz CT molecular complexity index is 422. The molecule has 112 valence electrons. The Balaban J connectivity index is 2.36. The van der Waals surface area contributed by atoms with Crippen molar-refractivity contribution >= 4 is 11.6 Å². The van der Waals surface area contributed by atoms with Crippen LogP contribution in [0.5, 0.6) is 11.5 Å². The maximum absolute atomic E-state index is 11.5. The average molecular weight is 280 g/mol. The van der Waals surface area contributed by atoms with Gasteiger partial charge in [0.25, 0.3) is 0 Å². The Kier molecular flexibility index (Phi) is 7.32. The van der Waals surface area contributed by atoms with Crippen molar-refractivity contribution in [3.05, 3.63) is 18.2 Å². The van der Waals surface area contributed by atoms with Gasteiger partial charge in [0.2, 0.25) is 5.91 Å². The lowest BCUT2D eigenvalue weighted by Gasteiger charge is -2.11. The number of amides is 1. The fraction of sp³-hybridized carbons (Fsp3) is 0.533. The number of carbonyl (C=O) groups is 1. The third kappa shape index (κ3) is 5.38. The first-order chi connectivity index (χ1) is 9.71. The van der Waals surface area contributed by atoms with Crippen molar-refractivity contribution in [1.29, 1.82) is 0 Å². The fourth-order valence-electron chi connectivity index (χ4n) is 1.76. The van der Waals surface area contributed by atoms with Gasteiger partial charge in [-0.1, -0.05) is 13.3 Å². The predicted octanol–water partition coefficient (Wildman–Crippen LogP) is 2.42. The molecule has 1 rings (SSSR count). The summed E-state index contributed by atoms with van der Waals surface area (Å²) in [4.78, 5) is 11.5. The van der Waals surface area contributed by atoms with E-state index in [9.17, 15) is 4.79 Å². The number of methoxy groups -OCH3 is 2. The molecule has 5 heteroatoms. The highest BCUT2D eigenvalue weighted by atomic mass is 16.5. The zero-order valence-electron chi connectivity index (χ0n) is 12.5.